The number of nitrogens with zero attached hydrogens (tertiary/aromatic N) is 4. The van der Waals surface area contributed by atoms with E-state index in [1.165, 1.54) is 0 Å². The number of carboxylic acid groups (broad SMARTS) is 1. The van der Waals surface area contributed by atoms with E-state index in [2.05, 4.69) is 31.5 Å². The van der Waals surface area contributed by atoms with Crippen molar-refractivity contribution in [3.8, 4) is 0 Å². The Morgan fingerprint density at radius 1 is 1.48 bits per heavy atom. The molecule has 0 aliphatic heterocycles. The number of tetrazole rings is 1. The Bertz CT molecular complexity index is 643. The lowest BCUT2D eigenvalue weighted by molar-refractivity contribution is -0.149. The summed E-state index contributed by atoms with van der Waals surface area (Å²) in [4.78, 5) is 11.4. The lowest BCUT2D eigenvalue weighted by atomic mass is 9.88. The van der Waals surface area contributed by atoms with Gasteiger partial charge in [-0.25, -0.2) is 4.68 Å². The van der Waals surface area contributed by atoms with Crippen LogP contribution in [0.3, 0.4) is 0 Å². The minimum atomic E-state index is -0.874. The van der Waals surface area contributed by atoms with Crippen LogP contribution in [0.1, 0.15) is 31.7 Å². The second-order valence-corrected chi connectivity index (χ2v) is 6.19. The van der Waals surface area contributed by atoms with Gasteiger partial charge >= 0.3 is 5.97 Å². The standard InChI is InChI=1S/C14H17BrN4O2/c1-3-14(2,13(20)21)9-19-12(16-17-18-19)8-10-5-4-6-11(15)7-10/h4-7H,3,8-9H2,1-2H3,(H,20,21). The Hall–Kier alpha value is -1.76. The zero-order valence-corrected chi connectivity index (χ0v) is 13.5. The minimum absolute atomic E-state index is 0.259. The van der Waals surface area contributed by atoms with E-state index in [1.54, 1.807) is 11.6 Å². The molecule has 0 spiro atoms. The van der Waals surface area contributed by atoms with Crippen molar-refractivity contribution in [2.24, 2.45) is 5.41 Å². The predicted octanol–water partition coefficient (Wildman–Crippen LogP) is 2.53. The summed E-state index contributed by atoms with van der Waals surface area (Å²) in [6.07, 6.45) is 1.07. The van der Waals surface area contributed by atoms with E-state index >= 15 is 0 Å². The maximum absolute atomic E-state index is 11.4. The summed E-state index contributed by atoms with van der Waals surface area (Å²) in [7, 11) is 0. The van der Waals surface area contributed by atoms with Gasteiger partial charge in [-0.05, 0) is 41.5 Å². The average molecular weight is 353 g/mol. The Labute approximate surface area is 131 Å². The van der Waals surface area contributed by atoms with Crippen LogP contribution in [0.4, 0.5) is 0 Å². The summed E-state index contributed by atoms with van der Waals surface area (Å²) in [5.74, 6) is -0.178. The van der Waals surface area contributed by atoms with Gasteiger partial charge in [-0.15, -0.1) is 5.10 Å². The number of halogens is 1. The summed E-state index contributed by atoms with van der Waals surface area (Å²) in [5.41, 5.74) is 0.190. The molecule has 0 amide bonds. The van der Waals surface area contributed by atoms with E-state index in [1.807, 2.05) is 31.2 Å². The fraction of sp³-hybridized carbons (Fsp3) is 0.429. The Kier molecular flexibility index (Phi) is 4.72. The lowest BCUT2D eigenvalue weighted by Crippen LogP contribution is -2.33. The number of rotatable bonds is 6. The first-order valence-electron chi connectivity index (χ1n) is 6.67. The molecule has 6 nitrogen and oxygen atoms in total. The summed E-state index contributed by atoms with van der Waals surface area (Å²) in [6.45, 7) is 3.82. The molecule has 0 radical (unpaired) electrons. The lowest BCUT2D eigenvalue weighted by Gasteiger charge is -2.22. The molecule has 1 aromatic heterocycles. The van der Waals surface area contributed by atoms with E-state index in [-0.39, 0.29) is 6.54 Å². The maximum Gasteiger partial charge on any atom is 0.311 e. The molecule has 21 heavy (non-hydrogen) atoms. The molecule has 2 aromatic rings. The third kappa shape index (κ3) is 3.66. The number of benzene rings is 1. The van der Waals surface area contributed by atoms with Crippen molar-refractivity contribution in [3.05, 3.63) is 40.1 Å². The molecule has 0 fully saturated rings. The van der Waals surface area contributed by atoms with Crippen LogP contribution in [0.25, 0.3) is 0 Å². The molecular weight excluding hydrogens is 336 g/mol. The highest BCUT2D eigenvalue weighted by molar-refractivity contribution is 9.10. The number of hydrogen-bond donors (Lipinski definition) is 1. The molecule has 1 atom stereocenters. The summed E-state index contributed by atoms with van der Waals surface area (Å²) < 4.78 is 2.57. The van der Waals surface area contributed by atoms with E-state index in [0.717, 1.165) is 10.0 Å². The first-order chi connectivity index (χ1) is 9.94. The molecule has 0 aliphatic rings. The molecule has 1 heterocycles. The first kappa shape index (κ1) is 15.6. The van der Waals surface area contributed by atoms with Crippen LogP contribution in [-0.2, 0) is 17.8 Å². The van der Waals surface area contributed by atoms with Crippen LogP contribution in [0.15, 0.2) is 28.7 Å². The largest absolute Gasteiger partial charge is 0.481 e. The minimum Gasteiger partial charge on any atom is -0.481 e. The molecule has 7 heteroatoms. The van der Waals surface area contributed by atoms with Crippen LogP contribution in [-0.4, -0.2) is 31.3 Å². The summed E-state index contributed by atoms with van der Waals surface area (Å²) in [5, 5.41) is 21.0. The zero-order valence-electron chi connectivity index (χ0n) is 12.0. The zero-order chi connectivity index (χ0) is 15.5. The molecule has 2 rings (SSSR count). The van der Waals surface area contributed by atoms with Crippen molar-refractivity contribution in [2.45, 2.75) is 33.2 Å². The van der Waals surface area contributed by atoms with Gasteiger partial charge in [0.1, 0.15) is 0 Å². The smallest absolute Gasteiger partial charge is 0.311 e. The SMILES string of the molecule is CCC(C)(Cn1nnnc1Cc1cccc(Br)c1)C(=O)O. The highest BCUT2D eigenvalue weighted by atomic mass is 79.9. The van der Waals surface area contributed by atoms with Crippen molar-refractivity contribution in [1.29, 1.82) is 0 Å². The van der Waals surface area contributed by atoms with E-state index < -0.39 is 11.4 Å². The second-order valence-electron chi connectivity index (χ2n) is 5.28. The molecule has 0 saturated carbocycles. The van der Waals surface area contributed by atoms with Gasteiger partial charge in [-0.2, -0.15) is 0 Å². The van der Waals surface area contributed by atoms with Gasteiger partial charge in [0, 0.05) is 10.9 Å². The number of aromatic nitrogens is 4. The molecule has 0 saturated heterocycles. The van der Waals surface area contributed by atoms with Gasteiger partial charge in [0.25, 0.3) is 0 Å². The number of carbonyl (C=O) groups is 1. The van der Waals surface area contributed by atoms with E-state index in [4.69, 9.17) is 0 Å². The van der Waals surface area contributed by atoms with Crippen molar-refractivity contribution >= 4 is 21.9 Å². The Morgan fingerprint density at radius 3 is 2.86 bits per heavy atom. The van der Waals surface area contributed by atoms with Gasteiger partial charge < -0.3 is 5.11 Å². The molecule has 0 aliphatic carbocycles. The van der Waals surface area contributed by atoms with Gasteiger partial charge in [0.15, 0.2) is 5.82 Å². The van der Waals surface area contributed by atoms with Crippen LogP contribution < -0.4 is 0 Å². The van der Waals surface area contributed by atoms with Gasteiger partial charge in [0.2, 0.25) is 0 Å². The topological polar surface area (TPSA) is 80.9 Å². The first-order valence-corrected chi connectivity index (χ1v) is 7.47. The number of carboxylic acids is 1. The highest BCUT2D eigenvalue weighted by Crippen LogP contribution is 2.24. The Morgan fingerprint density at radius 2 is 2.24 bits per heavy atom. The van der Waals surface area contributed by atoms with Crippen LogP contribution in [0.2, 0.25) is 0 Å². The average Bonchev–Trinajstić information content (AvgIpc) is 2.85. The van der Waals surface area contributed by atoms with Gasteiger partial charge in [-0.3, -0.25) is 4.79 Å². The monoisotopic (exact) mass is 352 g/mol. The van der Waals surface area contributed by atoms with Crippen molar-refractivity contribution in [1.82, 2.24) is 20.2 Å². The third-order valence-corrected chi connectivity index (χ3v) is 4.15. The molecular formula is C14H17BrN4O2. The second kappa shape index (κ2) is 6.34. The van der Waals surface area contributed by atoms with Crippen molar-refractivity contribution in [2.75, 3.05) is 0 Å². The normalized spacial score (nSPS) is 13.9. The summed E-state index contributed by atoms with van der Waals surface area (Å²) in [6, 6.07) is 7.88. The van der Waals surface area contributed by atoms with Crippen LogP contribution >= 0.6 is 15.9 Å². The fourth-order valence-electron chi connectivity index (χ4n) is 1.96. The van der Waals surface area contributed by atoms with Crippen molar-refractivity contribution in [3.63, 3.8) is 0 Å². The third-order valence-electron chi connectivity index (χ3n) is 3.65. The van der Waals surface area contributed by atoms with Gasteiger partial charge in [-0.1, -0.05) is 35.0 Å². The Balaban J connectivity index is 2.21. The van der Waals surface area contributed by atoms with Crippen LogP contribution in [0, 0.1) is 5.41 Å². The van der Waals surface area contributed by atoms with Crippen LogP contribution in [0.5, 0.6) is 0 Å². The molecule has 112 valence electrons. The number of aliphatic carboxylic acids is 1. The predicted molar refractivity (Wildman–Crippen MR) is 80.8 cm³/mol. The van der Waals surface area contributed by atoms with E-state index in [9.17, 15) is 9.90 Å². The summed E-state index contributed by atoms with van der Waals surface area (Å²) >= 11 is 3.43. The molecule has 0 bridgehead atoms. The van der Waals surface area contributed by atoms with E-state index in [0.29, 0.717) is 18.7 Å². The highest BCUT2D eigenvalue weighted by Gasteiger charge is 2.33. The quantitative estimate of drug-likeness (QED) is 0.863. The molecule has 1 aromatic carbocycles. The maximum atomic E-state index is 11.4. The fourth-order valence-corrected chi connectivity index (χ4v) is 2.41. The molecule has 1 unspecified atom stereocenters. The van der Waals surface area contributed by atoms with Gasteiger partial charge in [0.05, 0.1) is 12.0 Å². The molecule has 1 N–H and O–H groups in total. The number of hydrogen-bond acceptors (Lipinski definition) is 4. The van der Waals surface area contributed by atoms with Crippen molar-refractivity contribution < 1.29 is 9.90 Å².